The third kappa shape index (κ3) is 2.37. The summed E-state index contributed by atoms with van der Waals surface area (Å²) in [4.78, 5) is 15.4. The van der Waals surface area contributed by atoms with E-state index in [9.17, 15) is 9.18 Å². The molecule has 1 aromatic carbocycles. The lowest BCUT2D eigenvalue weighted by molar-refractivity contribution is 0.102. The standard InChI is InChI=1S/C10H6ClFN2OS/c11-7-5-6(1-2-8(7)12)14-9(15)10-13-3-4-16-10/h1-5H,(H,14,15). The van der Waals surface area contributed by atoms with Gasteiger partial charge in [0.25, 0.3) is 5.91 Å². The zero-order valence-electron chi connectivity index (χ0n) is 7.91. The fourth-order valence-electron chi connectivity index (χ4n) is 1.09. The van der Waals surface area contributed by atoms with Crippen molar-refractivity contribution in [1.82, 2.24) is 4.98 Å². The Hall–Kier alpha value is -1.46. The van der Waals surface area contributed by atoms with Gasteiger partial charge in [-0.1, -0.05) is 11.6 Å². The number of carbonyl (C=O) groups is 1. The Kier molecular flexibility index (Phi) is 3.17. The number of nitrogens with one attached hydrogen (secondary N) is 1. The summed E-state index contributed by atoms with van der Waals surface area (Å²) in [5, 5.41) is 4.59. The van der Waals surface area contributed by atoms with Crippen LogP contribution >= 0.6 is 22.9 Å². The van der Waals surface area contributed by atoms with Gasteiger partial charge in [-0.15, -0.1) is 11.3 Å². The molecule has 0 saturated heterocycles. The van der Waals surface area contributed by atoms with Crippen LogP contribution in [0.5, 0.6) is 0 Å². The minimum Gasteiger partial charge on any atom is -0.320 e. The molecular formula is C10H6ClFN2OS. The van der Waals surface area contributed by atoms with Crippen molar-refractivity contribution in [3.8, 4) is 0 Å². The van der Waals surface area contributed by atoms with Crippen molar-refractivity contribution in [3.05, 3.63) is 45.6 Å². The summed E-state index contributed by atoms with van der Waals surface area (Å²) in [5.74, 6) is -0.855. The molecule has 2 rings (SSSR count). The first-order valence-electron chi connectivity index (χ1n) is 4.33. The molecule has 6 heteroatoms. The minimum atomic E-state index is -0.520. The predicted molar refractivity (Wildman–Crippen MR) is 61.5 cm³/mol. The van der Waals surface area contributed by atoms with E-state index >= 15 is 0 Å². The Morgan fingerprint density at radius 1 is 1.50 bits per heavy atom. The van der Waals surface area contributed by atoms with Gasteiger partial charge in [0.2, 0.25) is 0 Å². The number of rotatable bonds is 2. The normalized spacial score (nSPS) is 10.1. The van der Waals surface area contributed by atoms with E-state index in [0.29, 0.717) is 10.7 Å². The lowest BCUT2D eigenvalue weighted by Crippen LogP contribution is -2.11. The van der Waals surface area contributed by atoms with Gasteiger partial charge >= 0.3 is 0 Å². The van der Waals surface area contributed by atoms with Gasteiger partial charge in [-0.25, -0.2) is 9.37 Å². The Morgan fingerprint density at radius 2 is 2.31 bits per heavy atom. The number of benzene rings is 1. The molecule has 2 aromatic rings. The van der Waals surface area contributed by atoms with Crippen LogP contribution in [-0.4, -0.2) is 10.9 Å². The van der Waals surface area contributed by atoms with Gasteiger partial charge < -0.3 is 5.32 Å². The first-order chi connectivity index (χ1) is 7.66. The molecule has 0 bridgehead atoms. The quantitative estimate of drug-likeness (QED) is 0.897. The SMILES string of the molecule is O=C(Nc1ccc(F)c(Cl)c1)c1nccs1. The van der Waals surface area contributed by atoms with Crippen LogP contribution in [0, 0.1) is 5.82 Å². The summed E-state index contributed by atoms with van der Waals surface area (Å²) in [6.45, 7) is 0. The Labute approximate surface area is 99.9 Å². The fraction of sp³-hybridized carbons (Fsp3) is 0. The van der Waals surface area contributed by atoms with Crippen LogP contribution in [0.3, 0.4) is 0 Å². The number of nitrogens with zero attached hydrogens (tertiary/aromatic N) is 1. The molecule has 0 aliphatic heterocycles. The molecule has 0 unspecified atom stereocenters. The predicted octanol–water partition coefficient (Wildman–Crippen LogP) is 3.19. The molecule has 0 aliphatic carbocycles. The number of hydrogen-bond donors (Lipinski definition) is 1. The van der Waals surface area contributed by atoms with Crippen molar-refractivity contribution in [2.75, 3.05) is 5.32 Å². The van der Waals surface area contributed by atoms with Crippen LogP contribution in [0.4, 0.5) is 10.1 Å². The van der Waals surface area contributed by atoms with E-state index in [4.69, 9.17) is 11.6 Å². The number of thiazole rings is 1. The van der Waals surface area contributed by atoms with Crippen LogP contribution in [0.25, 0.3) is 0 Å². The fourth-order valence-corrected chi connectivity index (χ4v) is 1.80. The van der Waals surface area contributed by atoms with Crippen molar-refractivity contribution in [3.63, 3.8) is 0 Å². The summed E-state index contributed by atoms with van der Waals surface area (Å²) < 4.78 is 12.9. The molecule has 0 fully saturated rings. The molecule has 1 amide bonds. The molecule has 0 aliphatic rings. The second-order valence-corrected chi connectivity index (χ2v) is 4.22. The van der Waals surface area contributed by atoms with Gasteiger partial charge in [-0.3, -0.25) is 4.79 Å². The van der Waals surface area contributed by atoms with Gasteiger partial charge in [0.1, 0.15) is 5.82 Å². The first-order valence-corrected chi connectivity index (χ1v) is 5.58. The molecule has 0 atom stereocenters. The van der Waals surface area contributed by atoms with E-state index < -0.39 is 5.82 Å². The van der Waals surface area contributed by atoms with Gasteiger partial charge in [0.05, 0.1) is 5.02 Å². The second-order valence-electron chi connectivity index (χ2n) is 2.92. The third-order valence-corrected chi connectivity index (χ3v) is 2.87. The minimum absolute atomic E-state index is 0.0306. The van der Waals surface area contributed by atoms with Crippen molar-refractivity contribution >= 4 is 34.5 Å². The number of hydrogen-bond acceptors (Lipinski definition) is 3. The summed E-state index contributed by atoms with van der Waals surface area (Å²) in [5.41, 5.74) is 0.437. The zero-order valence-corrected chi connectivity index (χ0v) is 9.48. The monoisotopic (exact) mass is 256 g/mol. The maximum atomic E-state index is 12.9. The number of carbonyl (C=O) groups excluding carboxylic acids is 1. The Balaban J connectivity index is 2.15. The van der Waals surface area contributed by atoms with Crippen LogP contribution in [0.2, 0.25) is 5.02 Å². The maximum absolute atomic E-state index is 12.9. The molecule has 0 spiro atoms. The molecule has 0 saturated carbocycles. The van der Waals surface area contributed by atoms with Gasteiger partial charge in [0.15, 0.2) is 5.01 Å². The molecular weight excluding hydrogens is 251 g/mol. The largest absolute Gasteiger partial charge is 0.320 e. The van der Waals surface area contributed by atoms with Crippen molar-refractivity contribution < 1.29 is 9.18 Å². The lowest BCUT2D eigenvalue weighted by atomic mass is 10.3. The highest BCUT2D eigenvalue weighted by atomic mass is 35.5. The third-order valence-electron chi connectivity index (χ3n) is 1.80. The van der Waals surface area contributed by atoms with Crippen LogP contribution in [0.15, 0.2) is 29.8 Å². The van der Waals surface area contributed by atoms with Crippen molar-refractivity contribution in [2.24, 2.45) is 0 Å². The highest BCUT2D eigenvalue weighted by Gasteiger charge is 2.09. The van der Waals surface area contributed by atoms with Crippen molar-refractivity contribution in [1.29, 1.82) is 0 Å². The van der Waals surface area contributed by atoms with E-state index in [1.807, 2.05) is 0 Å². The average molecular weight is 257 g/mol. The molecule has 1 aromatic heterocycles. The van der Waals surface area contributed by atoms with E-state index in [1.54, 1.807) is 5.38 Å². The second kappa shape index (κ2) is 4.59. The highest BCUT2D eigenvalue weighted by molar-refractivity contribution is 7.11. The lowest BCUT2D eigenvalue weighted by Gasteiger charge is -2.03. The van der Waals surface area contributed by atoms with Crippen LogP contribution < -0.4 is 5.32 Å². The van der Waals surface area contributed by atoms with E-state index in [1.165, 1.54) is 35.7 Å². The first kappa shape index (κ1) is 11.0. The molecule has 1 N–H and O–H groups in total. The molecule has 0 radical (unpaired) electrons. The van der Waals surface area contributed by atoms with E-state index in [2.05, 4.69) is 10.3 Å². The topological polar surface area (TPSA) is 42.0 Å². The summed E-state index contributed by atoms with van der Waals surface area (Å²) in [6, 6.07) is 3.98. The summed E-state index contributed by atoms with van der Waals surface area (Å²) in [7, 11) is 0. The number of aromatic nitrogens is 1. The molecule has 82 valence electrons. The van der Waals surface area contributed by atoms with E-state index in [-0.39, 0.29) is 10.9 Å². The smallest absolute Gasteiger partial charge is 0.284 e. The highest BCUT2D eigenvalue weighted by Crippen LogP contribution is 2.20. The molecule has 3 nitrogen and oxygen atoms in total. The maximum Gasteiger partial charge on any atom is 0.284 e. The van der Waals surface area contributed by atoms with Crippen molar-refractivity contribution in [2.45, 2.75) is 0 Å². The van der Waals surface area contributed by atoms with Gasteiger partial charge in [-0.05, 0) is 18.2 Å². The Bertz CT molecular complexity index is 516. The number of anilines is 1. The molecule has 16 heavy (non-hydrogen) atoms. The molecule has 1 heterocycles. The van der Waals surface area contributed by atoms with Gasteiger partial charge in [0, 0.05) is 17.3 Å². The Morgan fingerprint density at radius 3 is 2.94 bits per heavy atom. The summed E-state index contributed by atoms with van der Waals surface area (Å²) >= 11 is 6.81. The average Bonchev–Trinajstić information content (AvgIpc) is 2.77. The van der Waals surface area contributed by atoms with Crippen LogP contribution in [0.1, 0.15) is 9.80 Å². The van der Waals surface area contributed by atoms with Gasteiger partial charge in [-0.2, -0.15) is 0 Å². The summed E-state index contributed by atoms with van der Waals surface area (Å²) in [6.07, 6.45) is 1.54. The number of halogens is 2. The van der Waals surface area contributed by atoms with E-state index in [0.717, 1.165) is 0 Å². The number of amides is 1. The zero-order chi connectivity index (χ0) is 11.5. The van der Waals surface area contributed by atoms with Crippen LogP contribution in [-0.2, 0) is 0 Å².